The average Bonchev–Trinajstić information content (AvgIpc) is 3.39. The van der Waals surface area contributed by atoms with Crippen molar-refractivity contribution in [2.75, 3.05) is 32.8 Å². The van der Waals surface area contributed by atoms with Crippen LogP contribution in [-0.4, -0.2) is 79.7 Å². The SMILES string of the molecule is [C-]#[N+]c1c(F)ccc([C@@H]2CN3CCN(C(=O)Cc4cccc(-n5cnnn5)n4)C[C@@H]3CO2)c1C. The number of carbonyl (C=O) groups is 1. The van der Waals surface area contributed by atoms with E-state index in [1.54, 1.807) is 19.1 Å². The fourth-order valence-corrected chi connectivity index (χ4v) is 4.59. The molecule has 2 saturated heterocycles. The molecule has 2 fully saturated rings. The van der Waals surface area contributed by atoms with Crippen LogP contribution in [0.25, 0.3) is 10.7 Å². The van der Waals surface area contributed by atoms with Gasteiger partial charge in [0.05, 0.1) is 37.4 Å². The zero-order valence-electron chi connectivity index (χ0n) is 18.6. The smallest absolute Gasteiger partial charge is 0.228 e. The lowest BCUT2D eigenvalue weighted by Crippen LogP contribution is -2.59. The predicted octanol–water partition coefficient (Wildman–Crippen LogP) is 1.88. The van der Waals surface area contributed by atoms with Crippen LogP contribution < -0.4 is 0 Å². The Morgan fingerprint density at radius 1 is 1.26 bits per heavy atom. The number of carbonyl (C=O) groups excluding carboxylic acids is 1. The van der Waals surface area contributed by atoms with E-state index in [0.29, 0.717) is 43.3 Å². The number of morpholine rings is 1. The minimum atomic E-state index is -0.505. The molecule has 11 heteroatoms. The van der Waals surface area contributed by atoms with Gasteiger partial charge in [-0.05, 0) is 46.7 Å². The summed E-state index contributed by atoms with van der Waals surface area (Å²) < 4.78 is 21.5. The maximum absolute atomic E-state index is 13.9. The summed E-state index contributed by atoms with van der Waals surface area (Å²) >= 11 is 0. The standard InChI is InChI=1S/C23H23FN8O2/c1-15-18(6-7-19(24)23(15)25-2)20-12-30-8-9-31(11-17(30)13-34-20)22(33)10-16-4-3-5-21(27-16)32-14-26-28-29-32/h3-7,14,17,20H,8-13H2,1H3/t17-,20+/m1/s1. The van der Waals surface area contributed by atoms with E-state index in [9.17, 15) is 9.18 Å². The number of tetrazole rings is 1. The number of amides is 1. The van der Waals surface area contributed by atoms with Crippen molar-refractivity contribution in [1.29, 1.82) is 0 Å². The third-order valence-corrected chi connectivity index (χ3v) is 6.44. The molecule has 0 radical (unpaired) electrons. The second-order valence-electron chi connectivity index (χ2n) is 8.45. The highest BCUT2D eigenvalue weighted by Gasteiger charge is 2.36. The monoisotopic (exact) mass is 462 g/mol. The average molecular weight is 462 g/mol. The molecule has 1 aromatic carbocycles. The van der Waals surface area contributed by atoms with Crippen LogP contribution in [0, 0.1) is 19.3 Å². The van der Waals surface area contributed by atoms with Crippen LogP contribution in [0.2, 0.25) is 0 Å². The normalized spacial score (nSPS) is 20.6. The number of fused-ring (bicyclic) bond motifs is 1. The van der Waals surface area contributed by atoms with E-state index >= 15 is 0 Å². The van der Waals surface area contributed by atoms with Crippen LogP contribution in [0.5, 0.6) is 0 Å². The molecule has 0 aliphatic carbocycles. The highest BCUT2D eigenvalue weighted by atomic mass is 19.1. The molecule has 2 aliphatic heterocycles. The first-order valence-corrected chi connectivity index (χ1v) is 11.0. The molecule has 2 aromatic heterocycles. The van der Waals surface area contributed by atoms with Crippen molar-refractivity contribution in [3.8, 4) is 5.82 Å². The quantitative estimate of drug-likeness (QED) is 0.547. The topological polar surface area (TPSA) is 93.6 Å². The van der Waals surface area contributed by atoms with E-state index in [1.807, 2.05) is 17.0 Å². The molecular formula is C23H23FN8O2. The number of piperazine rings is 1. The maximum atomic E-state index is 13.9. The van der Waals surface area contributed by atoms with Crippen LogP contribution in [0.1, 0.15) is 22.9 Å². The van der Waals surface area contributed by atoms with Gasteiger partial charge in [-0.2, -0.15) is 4.68 Å². The van der Waals surface area contributed by atoms with Crippen LogP contribution in [0.15, 0.2) is 36.7 Å². The fourth-order valence-electron chi connectivity index (χ4n) is 4.59. The van der Waals surface area contributed by atoms with Crippen LogP contribution in [0.4, 0.5) is 10.1 Å². The number of pyridine rings is 1. The van der Waals surface area contributed by atoms with Crippen molar-refractivity contribution in [2.45, 2.75) is 25.5 Å². The summed E-state index contributed by atoms with van der Waals surface area (Å²) in [5.41, 5.74) is 2.18. The van der Waals surface area contributed by atoms with Gasteiger partial charge in [0.1, 0.15) is 12.1 Å². The molecule has 1 amide bonds. The van der Waals surface area contributed by atoms with Gasteiger partial charge in [0.25, 0.3) is 0 Å². The second kappa shape index (κ2) is 9.24. The lowest BCUT2D eigenvalue weighted by Gasteiger charge is -2.46. The van der Waals surface area contributed by atoms with Gasteiger partial charge in [-0.3, -0.25) is 9.69 Å². The van der Waals surface area contributed by atoms with Crippen molar-refractivity contribution < 1.29 is 13.9 Å². The number of hydrogen-bond acceptors (Lipinski definition) is 7. The minimum Gasteiger partial charge on any atom is -0.371 e. The Morgan fingerprint density at radius 2 is 2.15 bits per heavy atom. The van der Waals surface area contributed by atoms with Crippen LogP contribution in [-0.2, 0) is 16.0 Å². The Balaban J connectivity index is 1.22. The van der Waals surface area contributed by atoms with Crippen molar-refractivity contribution in [3.63, 3.8) is 0 Å². The molecule has 5 rings (SSSR count). The zero-order chi connectivity index (χ0) is 23.7. The highest BCUT2D eigenvalue weighted by molar-refractivity contribution is 5.78. The number of nitrogens with zero attached hydrogens (tertiary/aromatic N) is 8. The largest absolute Gasteiger partial charge is 0.371 e. The second-order valence-corrected chi connectivity index (χ2v) is 8.45. The highest BCUT2D eigenvalue weighted by Crippen LogP contribution is 2.34. The van der Waals surface area contributed by atoms with Gasteiger partial charge in [0.2, 0.25) is 11.6 Å². The summed E-state index contributed by atoms with van der Waals surface area (Å²) in [4.78, 5) is 25.0. The summed E-state index contributed by atoms with van der Waals surface area (Å²) in [5, 5.41) is 11.1. The summed E-state index contributed by atoms with van der Waals surface area (Å²) in [6.07, 6.45) is 1.43. The van der Waals surface area contributed by atoms with Crippen LogP contribution in [0.3, 0.4) is 0 Å². The van der Waals surface area contributed by atoms with Gasteiger partial charge in [-0.1, -0.05) is 12.1 Å². The first kappa shape index (κ1) is 22.1. The Morgan fingerprint density at radius 3 is 2.94 bits per heavy atom. The van der Waals surface area contributed by atoms with Crippen molar-refractivity contribution in [1.82, 2.24) is 35.0 Å². The lowest BCUT2D eigenvalue weighted by atomic mass is 9.98. The molecule has 0 unspecified atom stereocenters. The molecular weight excluding hydrogens is 439 g/mol. The summed E-state index contributed by atoms with van der Waals surface area (Å²) in [6.45, 7) is 12.0. The van der Waals surface area contributed by atoms with Gasteiger partial charge < -0.3 is 9.64 Å². The Hall–Kier alpha value is -3.75. The molecule has 0 spiro atoms. The molecule has 2 aliphatic rings. The molecule has 4 heterocycles. The number of ether oxygens (including phenoxy) is 1. The predicted molar refractivity (Wildman–Crippen MR) is 119 cm³/mol. The van der Waals surface area contributed by atoms with E-state index in [0.717, 1.165) is 12.1 Å². The first-order valence-electron chi connectivity index (χ1n) is 11.0. The van der Waals surface area contributed by atoms with Crippen molar-refractivity contribution >= 4 is 11.6 Å². The molecule has 10 nitrogen and oxygen atoms in total. The van der Waals surface area contributed by atoms with E-state index in [2.05, 4.69) is 30.3 Å². The fraction of sp³-hybridized carbons (Fsp3) is 0.391. The van der Waals surface area contributed by atoms with Crippen molar-refractivity contribution in [2.24, 2.45) is 0 Å². The molecule has 2 atom stereocenters. The van der Waals surface area contributed by atoms with Gasteiger partial charge in [0, 0.05) is 26.2 Å². The van der Waals surface area contributed by atoms with Gasteiger partial charge in [0.15, 0.2) is 5.82 Å². The number of hydrogen-bond donors (Lipinski definition) is 0. The first-order chi connectivity index (χ1) is 16.5. The minimum absolute atomic E-state index is 0.0132. The summed E-state index contributed by atoms with van der Waals surface area (Å²) in [5.74, 6) is 0.0681. The maximum Gasteiger partial charge on any atom is 0.228 e. The van der Waals surface area contributed by atoms with E-state index in [4.69, 9.17) is 11.3 Å². The van der Waals surface area contributed by atoms with E-state index < -0.39 is 5.82 Å². The molecule has 0 bridgehead atoms. The number of halogens is 1. The number of aromatic nitrogens is 5. The number of rotatable bonds is 4. The summed E-state index contributed by atoms with van der Waals surface area (Å²) in [6, 6.07) is 8.57. The molecule has 174 valence electrons. The van der Waals surface area contributed by atoms with Crippen LogP contribution >= 0.6 is 0 Å². The molecule has 0 saturated carbocycles. The van der Waals surface area contributed by atoms with Gasteiger partial charge in [-0.25, -0.2) is 14.2 Å². The van der Waals surface area contributed by atoms with E-state index in [-0.39, 0.29) is 30.2 Å². The summed E-state index contributed by atoms with van der Waals surface area (Å²) in [7, 11) is 0. The molecule has 0 N–H and O–H groups in total. The lowest BCUT2D eigenvalue weighted by molar-refractivity contribution is -0.139. The number of benzene rings is 1. The Kier molecular flexibility index (Phi) is 6.00. The molecule has 34 heavy (non-hydrogen) atoms. The van der Waals surface area contributed by atoms with Gasteiger partial charge >= 0.3 is 0 Å². The van der Waals surface area contributed by atoms with Gasteiger partial charge in [-0.15, -0.1) is 5.10 Å². The van der Waals surface area contributed by atoms with Crippen molar-refractivity contribution in [3.05, 3.63) is 70.7 Å². The Labute approximate surface area is 195 Å². The third-order valence-electron chi connectivity index (χ3n) is 6.44. The van der Waals surface area contributed by atoms with E-state index in [1.165, 1.54) is 17.1 Å². The Bertz CT molecular complexity index is 1240. The molecule has 3 aromatic rings. The third kappa shape index (κ3) is 4.25. The zero-order valence-corrected chi connectivity index (χ0v) is 18.6.